The van der Waals surface area contributed by atoms with Crippen LogP contribution in [0.1, 0.15) is 47.7 Å². The number of hydrogen-bond acceptors (Lipinski definition) is 5. The summed E-state index contributed by atoms with van der Waals surface area (Å²) < 4.78 is 17.2. The second kappa shape index (κ2) is 11.2. The van der Waals surface area contributed by atoms with Crippen molar-refractivity contribution >= 4 is 32.9 Å². The van der Waals surface area contributed by atoms with E-state index in [1.165, 1.54) is 44.3 Å². The second-order valence-corrected chi connectivity index (χ2v) is 11.0. The lowest BCUT2D eigenvalue weighted by Crippen LogP contribution is -2.29. The number of amides is 2. The Labute approximate surface area is 212 Å². The Kier molecular flexibility index (Phi) is 7.81. The van der Waals surface area contributed by atoms with E-state index < -0.39 is 15.6 Å². The van der Waals surface area contributed by atoms with Gasteiger partial charge in [-0.1, -0.05) is 17.9 Å². The molecule has 1 aromatic heterocycles. The van der Waals surface area contributed by atoms with Crippen LogP contribution in [0.15, 0.2) is 76.2 Å². The predicted octanol–water partition coefficient (Wildman–Crippen LogP) is 4.73. The van der Waals surface area contributed by atoms with Crippen molar-refractivity contribution in [3.8, 4) is 11.8 Å². The van der Waals surface area contributed by atoms with Crippen LogP contribution in [0, 0.1) is 11.8 Å². The lowest BCUT2D eigenvalue weighted by atomic mass is 10.1. The van der Waals surface area contributed by atoms with E-state index in [1.54, 1.807) is 36.5 Å². The minimum Gasteiger partial charge on any atom is -0.372 e. The first-order valence-corrected chi connectivity index (χ1v) is 13.7. The molecule has 184 valence electrons. The highest BCUT2D eigenvalue weighted by molar-refractivity contribution is 7.93. The van der Waals surface area contributed by atoms with Gasteiger partial charge in [0, 0.05) is 66.1 Å². The molecule has 1 fully saturated rings. The standard InChI is InChI=1S/C28H28N4O3S/c1-21(33)30-25-7-6-8-27(18-25)36(2,35)31-28(34)24-17-23(19-29-20-24)10-9-22-11-13-26(14-12-22)32-15-4-3-5-16-32/h6-8,11-14,17-20H,3-5,15-16H2,1-2H3,(H,30,33). The summed E-state index contributed by atoms with van der Waals surface area (Å²) in [6, 6.07) is 16.3. The van der Waals surface area contributed by atoms with Crippen LogP contribution in [0.25, 0.3) is 0 Å². The SMILES string of the molecule is CC(=O)Nc1cccc(S(C)(=O)=NC(=O)c2cncc(C#Cc3ccc(N4CCCCC4)cc3)c2)c1. The van der Waals surface area contributed by atoms with E-state index in [9.17, 15) is 13.8 Å². The highest BCUT2D eigenvalue weighted by atomic mass is 32.2. The summed E-state index contributed by atoms with van der Waals surface area (Å²) >= 11 is 0. The van der Waals surface area contributed by atoms with Gasteiger partial charge in [-0.05, 0) is 67.8 Å². The van der Waals surface area contributed by atoms with Crippen LogP contribution < -0.4 is 10.2 Å². The van der Waals surface area contributed by atoms with Crippen molar-refractivity contribution in [2.24, 2.45) is 4.36 Å². The number of benzene rings is 2. The minimum atomic E-state index is -3.04. The first-order chi connectivity index (χ1) is 17.3. The van der Waals surface area contributed by atoms with Gasteiger partial charge >= 0.3 is 0 Å². The number of carbonyl (C=O) groups excluding carboxylic acids is 2. The highest BCUT2D eigenvalue weighted by Crippen LogP contribution is 2.20. The number of rotatable bonds is 4. The average molecular weight is 501 g/mol. The predicted molar refractivity (Wildman–Crippen MR) is 143 cm³/mol. The number of anilines is 2. The van der Waals surface area contributed by atoms with Crippen LogP contribution in [-0.4, -0.2) is 40.4 Å². The molecule has 2 amide bonds. The highest BCUT2D eigenvalue weighted by Gasteiger charge is 2.13. The Hall–Kier alpha value is -3.96. The van der Waals surface area contributed by atoms with Gasteiger partial charge in [-0.3, -0.25) is 14.6 Å². The fraction of sp³-hybridized carbons (Fsp3) is 0.250. The molecule has 1 aliphatic heterocycles. The van der Waals surface area contributed by atoms with Gasteiger partial charge < -0.3 is 10.2 Å². The third-order valence-corrected chi connectivity index (χ3v) is 7.42. The van der Waals surface area contributed by atoms with Crippen LogP contribution in [0.3, 0.4) is 0 Å². The quantitative estimate of drug-likeness (QED) is 0.523. The Morgan fingerprint density at radius 3 is 2.42 bits per heavy atom. The lowest BCUT2D eigenvalue weighted by molar-refractivity contribution is -0.114. The normalized spacial score (nSPS) is 14.7. The number of aromatic nitrogens is 1. The van der Waals surface area contributed by atoms with Gasteiger partial charge in [0.2, 0.25) is 5.91 Å². The molecule has 4 rings (SSSR count). The summed E-state index contributed by atoms with van der Waals surface area (Å²) in [5.74, 6) is 5.27. The molecule has 0 aliphatic carbocycles. The summed E-state index contributed by atoms with van der Waals surface area (Å²) in [6.45, 7) is 3.57. The summed E-state index contributed by atoms with van der Waals surface area (Å²) in [5, 5.41) is 2.64. The van der Waals surface area contributed by atoms with Crippen molar-refractivity contribution in [3.63, 3.8) is 0 Å². The van der Waals surface area contributed by atoms with E-state index >= 15 is 0 Å². The van der Waals surface area contributed by atoms with Gasteiger partial charge in [-0.25, -0.2) is 4.21 Å². The molecule has 1 atom stereocenters. The maximum atomic E-state index is 13.2. The molecule has 7 nitrogen and oxygen atoms in total. The fourth-order valence-electron chi connectivity index (χ4n) is 3.95. The second-order valence-electron chi connectivity index (χ2n) is 8.71. The number of pyridine rings is 1. The molecule has 1 unspecified atom stereocenters. The zero-order valence-electron chi connectivity index (χ0n) is 20.4. The monoisotopic (exact) mass is 500 g/mol. The molecule has 2 heterocycles. The van der Waals surface area contributed by atoms with Crippen LogP contribution in [0.4, 0.5) is 11.4 Å². The topological polar surface area (TPSA) is 91.7 Å². The van der Waals surface area contributed by atoms with Gasteiger partial charge in [0.25, 0.3) is 5.91 Å². The molecule has 3 aromatic rings. The molecule has 0 spiro atoms. The van der Waals surface area contributed by atoms with Gasteiger partial charge in [0.05, 0.1) is 15.3 Å². The lowest BCUT2D eigenvalue weighted by Gasteiger charge is -2.28. The van der Waals surface area contributed by atoms with E-state index in [2.05, 4.69) is 43.5 Å². The Morgan fingerprint density at radius 1 is 0.972 bits per heavy atom. The van der Waals surface area contributed by atoms with Gasteiger partial charge in [0.1, 0.15) is 0 Å². The van der Waals surface area contributed by atoms with Crippen molar-refractivity contribution < 1.29 is 13.8 Å². The van der Waals surface area contributed by atoms with E-state index in [4.69, 9.17) is 0 Å². The molecule has 8 heteroatoms. The van der Waals surface area contributed by atoms with Gasteiger partial charge in [0.15, 0.2) is 0 Å². The maximum Gasteiger partial charge on any atom is 0.286 e. The van der Waals surface area contributed by atoms with Crippen molar-refractivity contribution in [3.05, 3.63) is 83.7 Å². The summed E-state index contributed by atoms with van der Waals surface area (Å²) in [4.78, 5) is 31.0. The molecule has 1 saturated heterocycles. The first kappa shape index (κ1) is 25.1. The van der Waals surface area contributed by atoms with E-state index in [1.807, 2.05) is 12.1 Å². The summed E-state index contributed by atoms with van der Waals surface area (Å²) in [7, 11) is -3.04. The third kappa shape index (κ3) is 6.58. The minimum absolute atomic E-state index is 0.204. The van der Waals surface area contributed by atoms with Crippen molar-refractivity contribution in [2.45, 2.75) is 31.1 Å². The molecule has 1 N–H and O–H groups in total. The number of nitrogens with one attached hydrogen (secondary N) is 1. The largest absolute Gasteiger partial charge is 0.372 e. The van der Waals surface area contributed by atoms with Crippen molar-refractivity contribution in [1.82, 2.24) is 4.98 Å². The Balaban J connectivity index is 1.50. The summed E-state index contributed by atoms with van der Waals surface area (Å²) in [6.07, 6.45) is 8.10. The maximum absolute atomic E-state index is 13.2. The van der Waals surface area contributed by atoms with Crippen molar-refractivity contribution in [2.75, 3.05) is 29.6 Å². The zero-order valence-corrected chi connectivity index (χ0v) is 21.2. The number of piperidine rings is 1. The fourth-order valence-corrected chi connectivity index (χ4v) is 5.16. The molecular weight excluding hydrogens is 472 g/mol. The van der Waals surface area contributed by atoms with Gasteiger partial charge in [-0.15, -0.1) is 0 Å². The van der Waals surface area contributed by atoms with Crippen molar-refractivity contribution in [1.29, 1.82) is 0 Å². The zero-order chi connectivity index (χ0) is 25.5. The molecule has 0 radical (unpaired) electrons. The van der Waals surface area contributed by atoms with E-state index in [0.717, 1.165) is 18.7 Å². The molecule has 0 bridgehead atoms. The van der Waals surface area contributed by atoms with Crippen LogP contribution in [0.5, 0.6) is 0 Å². The molecule has 0 saturated carbocycles. The first-order valence-electron chi connectivity index (χ1n) is 11.8. The third-order valence-electron chi connectivity index (χ3n) is 5.77. The number of carbonyl (C=O) groups is 2. The van der Waals surface area contributed by atoms with Crippen LogP contribution in [0.2, 0.25) is 0 Å². The van der Waals surface area contributed by atoms with Crippen LogP contribution >= 0.6 is 0 Å². The molecular formula is C28H28N4O3S. The molecule has 1 aliphatic rings. The Morgan fingerprint density at radius 2 is 1.69 bits per heavy atom. The smallest absolute Gasteiger partial charge is 0.286 e. The average Bonchev–Trinajstić information content (AvgIpc) is 2.88. The van der Waals surface area contributed by atoms with Gasteiger partial charge in [-0.2, -0.15) is 4.36 Å². The van der Waals surface area contributed by atoms with E-state index in [0.29, 0.717) is 16.1 Å². The Bertz CT molecular complexity index is 1460. The summed E-state index contributed by atoms with van der Waals surface area (Å²) in [5.41, 5.74) is 3.33. The molecule has 2 aromatic carbocycles. The van der Waals surface area contributed by atoms with E-state index in [-0.39, 0.29) is 11.5 Å². The number of nitrogens with zero attached hydrogens (tertiary/aromatic N) is 3. The number of hydrogen-bond donors (Lipinski definition) is 1. The van der Waals surface area contributed by atoms with Crippen LogP contribution in [-0.2, 0) is 14.5 Å². The molecule has 36 heavy (non-hydrogen) atoms.